The molecule has 2 heteroatoms. The summed E-state index contributed by atoms with van der Waals surface area (Å²) in [6, 6.07) is 74.4. The number of hydrogen-bond donors (Lipinski definition) is 0. The Morgan fingerprint density at radius 1 is 0.255 bits per heavy atom. The average molecular weight is 699 g/mol. The second kappa shape index (κ2) is 12.5. The summed E-state index contributed by atoms with van der Waals surface area (Å²) in [6.07, 6.45) is 0. The molecule has 1 heterocycles. The van der Waals surface area contributed by atoms with Gasteiger partial charge in [-0.05, 0) is 78.9 Å². The van der Waals surface area contributed by atoms with Crippen LogP contribution >= 0.6 is 0 Å². The van der Waals surface area contributed by atoms with Crippen LogP contribution in [0, 0.1) is 0 Å². The quantitative estimate of drug-likeness (QED) is 0.179. The molecule has 2 aliphatic rings. The fraction of sp³-hybridized carbons (Fsp3) is 0.0189. The molecule has 8 aromatic carbocycles. The molecule has 1 aromatic heterocycles. The summed E-state index contributed by atoms with van der Waals surface area (Å²) in [4.78, 5) is 10.5. The first kappa shape index (κ1) is 31.4. The smallest absolute Gasteiger partial charge is 0.161 e. The molecule has 0 fully saturated rings. The van der Waals surface area contributed by atoms with Crippen LogP contribution in [0.3, 0.4) is 0 Å². The maximum absolute atomic E-state index is 5.24. The van der Waals surface area contributed by atoms with Crippen molar-refractivity contribution in [3.05, 3.63) is 229 Å². The zero-order chi connectivity index (χ0) is 36.3. The lowest BCUT2D eigenvalue weighted by Gasteiger charge is -2.30. The van der Waals surface area contributed by atoms with Gasteiger partial charge >= 0.3 is 0 Å². The van der Waals surface area contributed by atoms with Crippen molar-refractivity contribution in [3.63, 3.8) is 0 Å². The maximum Gasteiger partial charge on any atom is 0.161 e. The van der Waals surface area contributed by atoms with Gasteiger partial charge in [-0.2, -0.15) is 0 Å². The van der Waals surface area contributed by atoms with Gasteiger partial charge in [0.05, 0.1) is 16.8 Å². The van der Waals surface area contributed by atoms with Crippen molar-refractivity contribution in [1.82, 2.24) is 9.97 Å². The second-order valence-electron chi connectivity index (χ2n) is 14.4. The van der Waals surface area contributed by atoms with Crippen molar-refractivity contribution in [3.8, 4) is 78.4 Å². The molecule has 256 valence electrons. The highest BCUT2D eigenvalue weighted by Crippen LogP contribution is 2.63. The SMILES string of the molecule is c1ccc(-c2cc(-c3ccccc3)nc(-c3ccccc3-c3ccccc3-c3ccc4c(c3)C3(c5ccccc5-c5ccccc53)c3ccccc3-4)n2)cc1. The number of benzene rings is 8. The van der Waals surface area contributed by atoms with Gasteiger partial charge in [0.2, 0.25) is 0 Å². The first-order chi connectivity index (χ1) is 27.3. The molecule has 0 atom stereocenters. The highest BCUT2D eigenvalue weighted by molar-refractivity contribution is 5.97. The van der Waals surface area contributed by atoms with Crippen molar-refractivity contribution < 1.29 is 0 Å². The summed E-state index contributed by atoms with van der Waals surface area (Å²) in [5, 5.41) is 0. The van der Waals surface area contributed by atoms with Gasteiger partial charge < -0.3 is 0 Å². The van der Waals surface area contributed by atoms with E-state index in [0.29, 0.717) is 5.82 Å². The Morgan fingerprint density at radius 3 is 1.15 bits per heavy atom. The van der Waals surface area contributed by atoms with Crippen molar-refractivity contribution >= 4 is 0 Å². The van der Waals surface area contributed by atoms with Crippen LogP contribution in [-0.4, -0.2) is 9.97 Å². The number of hydrogen-bond acceptors (Lipinski definition) is 2. The van der Waals surface area contributed by atoms with Gasteiger partial charge in [-0.1, -0.05) is 194 Å². The fourth-order valence-corrected chi connectivity index (χ4v) is 9.23. The van der Waals surface area contributed by atoms with E-state index in [9.17, 15) is 0 Å². The number of nitrogens with zero attached hydrogens (tertiary/aromatic N) is 2. The molecule has 0 unspecified atom stereocenters. The summed E-state index contributed by atoms with van der Waals surface area (Å²) >= 11 is 0. The van der Waals surface area contributed by atoms with Gasteiger partial charge in [-0.15, -0.1) is 0 Å². The van der Waals surface area contributed by atoms with E-state index in [0.717, 1.165) is 39.2 Å². The van der Waals surface area contributed by atoms with Crippen molar-refractivity contribution in [2.75, 3.05) is 0 Å². The molecule has 0 saturated carbocycles. The molecule has 2 aliphatic carbocycles. The number of fused-ring (bicyclic) bond motifs is 10. The molecule has 1 spiro atoms. The molecule has 11 rings (SSSR count). The monoisotopic (exact) mass is 698 g/mol. The Labute approximate surface area is 321 Å². The number of rotatable bonds is 5. The third kappa shape index (κ3) is 4.75. The molecule has 0 saturated heterocycles. The van der Waals surface area contributed by atoms with Crippen LogP contribution in [0.25, 0.3) is 78.4 Å². The molecule has 0 amide bonds. The van der Waals surface area contributed by atoms with Gasteiger partial charge in [0.1, 0.15) is 0 Å². The van der Waals surface area contributed by atoms with Crippen LogP contribution in [0.2, 0.25) is 0 Å². The van der Waals surface area contributed by atoms with Gasteiger partial charge in [-0.3, -0.25) is 0 Å². The Hall–Kier alpha value is -7.16. The summed E-state index contributed by atoms with van der Waals surface area (Å²) in [5.74, 6) is 0.702. The normalized spacial score (nSPS) is 12.9. The Morgan fingerprint density at radius 2 is 0.636 bits per heavy atom. The van der Waals surface area contributed by atoms with E-state index < -0.39 is 5.41 Å². The van der Waals surface area contributed by atoms with Crippen molar-refractivity contribution in [2.24, 2.45) is 0 Å². The summed E-state index contributed by atoms with van der Waals surface area (Å²) in [5.41, 5.74) is 19.7. The summed E-state index contributed by atoms with van der Waals surface area (Å²) in [6.45, 7) is 0. The maximum atomic E-state index is 5.24. The van der Waals surface area contributed by atoms with Gasteiger partial charge in [0.25, 0.3) is 0 Å². The largest absolute Gasteiger partial charge is 0.228 e. The molecular formula is C53H34N2. The Kier molecular flexibility index (Phi) is 7.11. The van der Waals surface area contributed by atoms with Gasteiger partial charge in [-0.25, -0.2) is 9.97 Å². The topological polar surface area (TPSA) is 25.8 Å². The molecule has 0 aliphatic heterocycles. The van der Waals surface area contributed by atoms with Crippen LogP contribution in [0.15, 0.2) is 206 Å². The Balaban J connectivity index is 1.11. The van der Waals surface area contributed by atoms with Crippen LogP contribution in [0.1, 0.15) is 22.3 Å². The molecule has 55 heavy (non-hydrogen) atoms. The van der Waals surface area contributed by atoms with E-state index in [1.54, 1.807) is 0 Å². The highest BCUT2D eigenvalue weighted by atomic mass is 14.9. The summed E-state index contributed by atoms with van der Waals surface area (Å²) < 4.78 is 0. The first-order valence-corrected chi connectivity index (χ1v) is 18.9. The lowest BCUT2D eigenvalue weighted by molar-refractivity contribution is 0.794. The van der Waals surface area contributed by atoms with E-state index in [-0.39, 0.29) is 0 Å². The van der Waals surface area contributed by atoms with Crippen molar-refractivity contribution in [2.45, 2.75) is 5.41 Å². The third-order valence-corrected chi connectivity index (χ3v) is 11.6. The molecule has 0 N–H and O–H groups in total. The van der Waals surface area contributed by atoms with Gasteiger partial charge in [0, 0.05) is 16.7 Å². The minimum atomic E-state index is -0.401. The molecule has 0 bridgehead atoms. The minimum absolute atomic E-state index is 0.401. The minimum Gasteiger partial charge on any atom is -0.228 e. The third-order valence-electron chi connectivity index (χ3n) is 11.6. The molecule has 9 aromatic rings. The molecule has 2 nitrogen and oxygen atoms in total. The predicted octanol–water partition coefficient (Wildman–Crippen LogP) is 13.2. The van der Waals surface area contributed by atoms with E-state index in [1.165, 1.54) is 55.6 Å². The fourth-order valence-electron chi connectivity index (χ4n) is 9.23. The van der Waals surface area contributed by atoms with Crippen molar-refractivity contribution in [1.29, 1.82) is 0 Å². The standard InChI is InChI=1S/C53H34N2/c1-3-17-35(18-4-1)50-34-51(36-19-5-2-6-20-36)55-52(54-50)45-27-10-9-23-40(45)39-22-8-7-21-38(39)37-31-32-44-43-26-13-16-30-48(43)53(49(44)33-37)46-28-14-11-24-41(46)42-25-12-15-29-47(42)53/h1-34H. The van der Waals surface area contributed by atoms with E-state index in [2.05, 4.69) is 194 Å². The van der Waals surface area contributed by atoms with Crippen LogP contribution in [-0.2, 0) is 5.41 Å². The average Bonchev–Trinajstić information content (AvgIpc) is 3.74. The van der Waals surface area contributed by atoms with Gasteiger partial charge in [0.15, 0.2) is 5.82 Å². The predicted molar refractivity (Wildman–Crippen MR) is 226 cm³/mol. The highest BCUT2D eigenvalue weighted by Gasteiger charge is 2.51. The second-order valence-corrected chi connectivity index (χ2v) is 14.4. The van der Waals surface area contributed by atoms with E-state index >= 15 is 0 Å². The first-order valence-electron chi connectivity index (χ1n) is 18.9. The number of aromatic nitrogens is 2. The molecular weight excluding hydrogens is 665 g/mol. The summed E-state index contributed by atoms with van der Waals surface area (Å²) in [7, 11) is 0. The van der Waals surface area contributed by atoms with Crippen LogP contribution in [0.4, 0.5) is 0 Å². The lowest BCUT2D eigenvalue weighted by atomic mass is 9.70. The van der Waals surface area contributed by atoms with Crippen LogP contribution in [0.5, 0.6) is 0 Å². The zero-order valence-electron chi connectivity index (χ0n) is 30.0. The lowest BCUT2D eigenvalue weighted by Crippen LogP contribution is -2.25. The Bertz CT molecular complexity index is 2810. The van der Waals surface area contributed by atoms with Crippen LogP contribution < -0.4 is 0 Å². The van der Waals surface area contributed by atoms with E-state index in [1.807, 2.05) is 12.1 Å². The van der Waals surface area contributed by atoms with E-state index in [4.69, 9.17) is 9.97 Å². The zero-order valence-corrected chi connectivity index (χ0v) is 30.0. The molecule has 0 radical (unpaired) electrons.